The molecule has 0 spiro atoms. The predicted molar refractivity (Wildman–Crippen MR) is 135 cm³/mol. The molecule has 0 fully saturated rings. The first-order valence-electron chi connectivity index (χ1n) is 11.3. The zero-order valence-corrected chi connectivity index (χ0v) is 25.6. The quantitative estimate of drug-likeness (QED) is 0.261. The van der Waals surface area contributed by atoms with Crippen LogP contribution in [-0.4, -0.2) is 8.07 Å². The number of furan rings is 1. The maximum absolute atomic E-state index is 5.22. The van der Waals surface area contributed by atoms with Gasteiger partial charge in [-0.1, -0.05) is 75.3 Å². The molecule has 2 bridgehead atoms. The van der Waals surface area contributed by atoms with Crippen LogP contribution in [0, 0.1) is 6.92 Å². The van der Waals surface area contributed by atoms with Gasteiger partial charge in [-0.3, -0.25) is 0 Å². The van der Waals surface area contributed by atoms with Crippen LogP contribution in [0.1, 0.15) is 54.5 Å². The van der Waals surface area contributed by atoms with Gasteiger partial charge in [0.1, 0.15) is 0 Å². The predicted octanol–water partition coefficient (Wildman–Crippen LogP) is 2.61. The fourth-order valence-electron chi connectivity index (χ4n) is 5.86. The smallest absolute Gasteiger partial charge is 1.00 e. The topological polar surface area (TPSA) is 13.1 Å². The van der Waals surface area contributed by atoms with Crippen LogP contribution in [-0.2, 0) is 26.2 Å². The van der Waals surface area contributed by atoms with Crippen molar-refractivity contribution >= 4 is 24.0 Å². The maximum Gasteiger partial charge on any atom is 3.00 e. The van der Waals surface area contributed by atoms with Crippen LogP contribution in [0.4, 0.5) is 0 Å². The summed E-state index contributed by atoms with van der Waals surface area (Å²) in [6, 6.07) is 20.1. The van der Waals surface area contributed by atoms with E-state index in [9.17, 15) is 0 Å². The summed E-state index contributed by atoms with van der Waals surface area (Å²) in [5.41, 5.74) is 10.7. The van der Waals surface area contributed by atoms with Gasteiger partial charge >= 0.3 is 26.2 Å². The number of hydrogen-bond acceptors (Lipinski definition) is 1. The van der Waals surface area contributed by atoms with Crippen molar-refractivity contribution in [1.82, 2.24) is 0 Å². The Morgan fingerprint density at radius 1 is 0.912 bits per heavy atom. The molecule has 0 N–H and O–H groups in total. The summed E-state index contributed by atoms with van der Waals surface area (Å²) in [5, 5.41) is 4.36. The molecule has 4 aromatic rings. The molecule has 3 aliphatic rings. The van der Waals surface area contributed by atoms with Gasteiger partial charge in [0, 0.05) is 16.7 Å². The molecule has 1 atom stereocenters. The summed E-state index contributed by atoms with van der Waals surface area (Å²) >= 11 is 0. The molecule has 0 saturated carbocycles. The largest absolute Gasteiger partial charge is 3.00 e. The Labute approximate surface area is 236 Å². The normalized spacial score (nSPS) is 16.5. The Balaban J connectivity index is 0.000000238. The first-order chi connectivity index (χ1) is 14.8. The molecule has 5 heteroatoms. The Morgan fingerprint density at radius 3 is 2.18 bits per heavy atom. The van der Waals surface area contributed by atoms with E-state index in [1.54, 1.807) is 10.8 Å². The van der Waals surface area contributed by atoms with E-state index in [-0.39, 0.29) is 51.0 Å². The van der Waals surface area contributed by atoms with Crippen LogP contribution in [0.3, 0.4) is 0 Å². The van der Waals surface area contributed by atoms with Gasteiger partial charge in [0.05, 0.1) is 20.6 Å². The SMILES string of the molecule is CC1=C2c3cocc3C1[Si]2(C)C.Cc1cc2c(-c3ccc(C(C)C)cc3)cccc2[cH-]1.[Cl-].[Cl-].[Zr+3]. The molecule has 2 aliphatic heterocycles. The van der Waals surface area contributed by atoms with Gasteiger partial charge < -0.3 is 29.2 Å². The first-order valence-corrected chi connectivity index (χ1v) is 14.4. The zero-order valence-electron chi connectivity index (χ0n) is 20.7. The molecule has 1 unspecified atom stereocenters. The molecule has 3 aromatic carbocycles. The van der Waals surface area contributed by atoms with Crippen LogP contribution >= 0.6 is 0 Å². The molecule has 1 aromatic heterocycles. The Kier molecular flexibility index (Phi) is 9.20. The fourth-order valence-corrected chi connectivity index (χ4v) is 10.2. The van der Waals surface area contributed by atoms with Gasteiger partial charge in [-0.15, -0.1) is 34.5 Å². The molecule has 1 nitrogen and oxygen atoms in total. The minimum Gasteiger partial charge on any atom is -1.00 e. The van der Waals surface area contributed by atoms with E-state index >= 15 is 0 Å². The van der Waals surface area contributed by atoms with Gasteiger partial charge in [-0.05, 0) is 29.2 Å². The number of benzene rings is 2. The van der Waals surface area contributed by atoms with Crippen LogP contribution in [0.25, 0.3) is 27.1 Å². The minimum absolute atomic E-state index is 0. The summed E-state index contributed by atoms with van der Waals surface area (Å²) in [6.07, 6.45) is 3.87. The van der Waals surface area contributed by atoms with Crippen molar-refractivity contribution in [3.05, 3.63) is 95.0 Å². The Bertz CT molecular complexity index is 1310. The van der Waals surface area contributed by atoms with E-state index < -0.39 is 8.07 Å². The average molecular weight is 586 g/mol. The third-order valence-corrected chi connectivity index (χ3v) is 11.4. The van der Waals surface area contributed by atoms with Crippen molar-refractivity contribution in [2.75, 3.05) is 0 Å². The van der Waals surface area contributed by atoms with E-state index in [4.69, 9.17) is 4.42 Å². The van der Waals surface area contributed by atoms with Crippen LogP contribution in [0.2, 0.25) is 13.1 Å². The van der Waals surface area contributed by atoms with Crippen LogP contribution in [0.5, 0.6) is 0 Å². The van der Waals surface area contributed by atoms with Gasteiger partial charge in [0.2, 0.25) is 0 Å². The second-order valence-electron chi connectivity index (χ2n) is 10.1. The van der Waals surface area contributed by atoms with Crippen molar-refractivity contribution in [3.8, 4) is 11.1 Å². The first kappa shape index (κ1) is 29.0. The third-order valence-electron chi connectivity index (χ3n) is 7.25. The standard InChI is InChI=1S/C19H19.C10H12OSi.2ClH.Zr/c1-13(2)15-7-9-16(10-8-15)18-6-4-5-17-11-14(3)12-19(17)18;1-6-9-7-4-11-5-8(7)10(6)12(9,2)3;;;/h4-13H,1-3H3;4-5,9H,1-3H3;2*1H;/q-1;;;;+3/p-2. The third kappa shape index (κ3) is 4.62. The molecule has 1 radical (unpaired) electrons. The average Bonchev–Trinajstić information content (AvgIpc) is 3.44. The summed E-state index contributed by atoms with van der Waals surface area (Å²) in [7, 11) is -1.04. The number of aryl methyl sites for hydroxylation is 1. The number of halogens is 2. The van der Waals surface area contributed by atoms with Crippen molar-refractivity contribution in [2.45, 2.75) is 52.2 Å². The van der Waals surface area contributed by atoms with E-state index in [0.29, 0.717) is 5.92 Å². The van der Waals surface area contributed by atoms with E-state index in [1.165, 1.54) is 44.2 Å². The molecule has 34 heavy (non-hydrogen) atoms. The van der Waals surface area contributed by atoms with Crippen molar-refractivity contribution in [2.24, 2.45) is 0 Å². The summed E-state index contributed by atoms with van der Waals surface area (Å²) in [5.74, 6) is 0.589. The van der Waals surface area contributed by atoms with Crippen LogP contribution in [0.15, 0.2) is 77.1 Å². The van der Waals surface area contributed by atoms with E-state index in [2.05, 4.69) is 95.4 Å². The second kappa shape index (κ2) is 10.8. The molecule has 175 valence electrons. The zero-order chi connectivity index (χ0) is 21.9. The van der Waals surface area contributed by atoms with Gasteiger partial charge in [-0.25, -0.2) is 0 Å². The number of allylic oxidation sites excluding steroid dienone is 1. The van der Waals surface area contributed by atoms with E-state index in [1.807, 2.05) is 12.5 Å². The molecular weight excluding hydrogens is 555 g/mol. The number of hydrogen-bond donors (Lipinski definition) is 0. The number of fused-ring (bicyclic) bond motifs is 1. The Hall–Kier alpha value is -1.25. The van der Waals surface area contributed by atoms with Crippen molar-refractivity contribution in [1.29, 1.82) is 0 Å². The number of rotatable bonds is 2. The fraction of sp³-hybridized carbons (Fsp3) is 0.276. The van der Waals surface area contributed by atoms with Crippen molar-refractivity contribution < 1.29 is 55.4 Å². The molecule has 7 rings (SSSR count). The van der Waals surface area contributed by atoms with Gasteiger partial charge in [0.25, 0.3) is 0 Å². The van der Waals surface area contributed by atoms with Gasteiger partial charge in [0.15, 0.2) is 0 Å². The maximum atomic E-state index is 5.22. The Morgan fingerprint density at radius 2 is 1.59 bits per heavy atom. The second-order valence-corrected chi connectivity index (χ2v) is 14.6. The van der Waals surface area contributed by atoms with E-state index in [0.717, 1.165) is 5.54 Å². The molecular formula is C29H31Cl2OSiZr. The van der Waals surface area contributed by atoms with Gasteiger partial charge in [-0.2, -0.15) is 6.07 Å². The summed E-state index contributed by atoms with van der Waals surface area (Å²) in [6.45, 7) is 13.8. The molecule has 3 heterocycles. The molecule has 0 amide bonds. The van der Waals surface area contributed by atoms with Crippen molar-refractivity contribution in [3.63, 3.8) is 0 Å². The summed E-state index contributed by atoms with van der Waals surface area (Å²) in [4.78, 5) is 0. The molecule has 1 aliphatic carbocycles. The van der Waals surface area contributed by atoms with Crippen LogP contribution < -0.4 is 24.8 Å². The minimum atomic E-state index is -1.04. The monoisotopic (exact) mass is 583 g/mol. The summed E-state index contributed by atoms with van der Waals surface area (Å²) < 4.78 is 5.22. The molecule has 0 saturated heterocycles.